The summed E-state index contributed by atoms with van der Waals surface area (Å²) in [5.41, 5.74) is 0. The van der Waals surface area contributed by atoms with E-state index in [0.29, 0.717) is 13.2 Å². The lowest BCUT2D eigenvalue weighted by Gasteiger charge is -1.89. The van der Waals surface area contributed by atoms with Gasteiger partial charge in [-0.3, -0.25) is 4.79 Å². The van der Waals surface area contributed by atoms with Gasteiger partial charge in [-0.25, -0.2) is 0 Å². The molecule has 0 aliphatic heterocycles. The molecule has 0 spiro atoms. The standard InChI is InChI=1S/C6H10O.C2H4O2.C2H6O2/c1-3-5-7-6-4-2;1-2(3)4;3-1-2-4/h3-4H,1-2,5-6H2;1H3,(H,3,4);3-4H,1-2H2. The SMILES string of the molecule is C=CCOCC=C.CC(=O)O.OCCO. The number of carboxylic acid groups (broad SMARTS) is 1. The maximum Gasteiger partial charge on any atom is 0.300 e. The summed E-state index contributed by atoms with van der Waals surface area (Å²) in [4.78, 5) is 9.00. The van der Waals surface area contributed by atoms with E-state index in [1.54, 1.807) is 12.2 Å². The summed E-state index contributed by atoms with van der Waals surface area (Å²) >= 11 is 0. The molecule has 0 unspecified atom stereocenters. The molecule has 0 aromatic heterocycles. The Kier molecular flexibility index (Phi) is 29.8. The average Bonchev–Trinajstić information content (AvgIpc) is 2.18. The highest BCUT2D eigenvalue weighted by molar-refractivity contribution is 5.62. The molecule has 0 aromatic carbocycles. The van der Waals surface area contributed by atoms with E-state index in [4.69, 9.17) is 24.9 Å². The van der Waals surface area contributed by atoms with Gasteiger partial charge in [0, 0.05) is 6.92 Å². The minimum absolute atomic E-state index is 0.125. The maximum absolute atomic E-state index is 9.00. The zero-order chi connectivity index (χ0) is 12.5. The zero-order valence-corrected chi connectivity index (χ0v) is 9.06. The van der Waals surface area contributed by atoms with Crippen LogP contribution in [0.2, 0.25) is 0 Å². The van der Waals surface area contributed by atoms with E-state index in [1.165, 1.54) is 0 Å². The first kappa shape index (κ1) is 19.4. The third-order valence-electron chi connectivity index (χ3n) is 0.571. The number of aliphatic hydroxyl groups is 2. The molecule has 0 aliphatic carbocycles. The van der Waals surface area contributed by atoms with Gasteiger partial charge in [-0.05, 0) is 0 Å². The molecule has 0 rings (SSSR count). The van der Waals surface area contributed by atoms with Gasteiger partial charge in [-0.15, -0.1) is 13.2 Å². The number of carboxylic acids is 1. The normalized spacial score (nSPS) is 7.40. The first-order valence-electron chi connectivity index (χ1n) is 4.27. The van der Waals surface area contributed by atoms with Crippen LogP contribution in [0.4, 0.5) is 0 Å². The number of aliphatic carboxylic acids is 1. The third-order valence-corrected chi connectivity index (χ3v) is 0.571. The number of aliphatic hydroxyl groups excluding tert-OH is 2. The Hall–Kier alpha value is -1.17. The van der Waals surface area contributed by atoms with Crippen molar-refractivity contribution in [3.63, 3.8) is 0 Å². The first-order valence-corrected chi connectivity index (χ1v) is 4.27. The van der Waals surface area contributed by atoms with Gasteiger partial charge in [-0.2, -0.15) is 0 Å². The highest BCUT2D eigenvalue weighted by Gasteiger charge is 1.70. The largest absolute Gasteiger partial charge is 0.481 e. The maximum atomic E-state index is 9.00. The molecule has 0 saturated carbocycles. The summed E-state index contributed by atoms with van der Waals surface area (Å²) in [6.45, 7) is 9.01. The lowest BCUT2D eigenvalue weighted by atomic mass is 10.6. The molecule has 0 fully saturated rings. The Balaban J connectivity index is -0.000000155. The van der Waals surface area contributed by atoms with Crippen LogP contribution in [-0.4, -0.2) is 47.7 Å². The number of hydrogen-bond donors (Lipinski definition) is 3. The van der Waals surface area contributed by atoms with E-state index in [2.05, 4.69) is 13.2 Å². The van der Waals surface area contributed by atoms with E-state index >= 15 is 0 Å². The van der Waals surface area contributed by atoms with Crippen LogP contribution < -0.4 is 0 Å². The molecule has 0 aromatic rings. The second-order valence-electron chi connectivity index (χ2n) is 2.08. The molecule has 0 saturated heterocycles. The molecule has 3 N–H and O–H groups in total. The molecule has 5 nitrogen and oxygen atoms in total. The first-order chi connectivity index (χ1) is 7.06. The van der Waals surface area contributed by atoms with Crippen LogP contribution >= 0.6 is 0 Å². The lowest BCUT2D eigenvalue weighted by molar-refractivity contribution is -0.134. The Morgan fingerprint density at radius 2 is 1.47 bits per heavy atom. The van der Waals surface area contributed by atoms with E-state index in [-0.39, 0.29) is 13.2 Å². The number of ether oxygens (including phenoxy) is 1. The summed E-state index contributed by atoms with van der Waals surface area (Å²) < 4.78 is 4.90. The molecular formula is C10H20O5. The van der Waals surface area contributed by atoms with E-state index in [1.807, 2.05) is 0 Å². The minimum Gasteiger partial charge on any atom is -0.481 e. The molecule has 0 atom stereocenters. The number of rotatable bonds is 5. The molecule has 0 radical (unpaired) electrons. The Morgan fingerprint density at radius 1 is 1.20 bits per heavy atom. The molecule has 0 aliphatic rings. The van der Waals surface area contributed by atoms with Crippen molar-refractivity contribution in [1.82, 2.24) is 0 Å². The Bertz CT molecular complexity index is 131. The van der Waals surface area contributed by atoms with Gasteiger partial charge in [0.2, 0.25) is 0 Å². The molecule has 0 bridgehead atoms. The van der Waals surface area contributed by atoms with Crippen LogP contribution in [-0.2, 0) is 9.53 Å². The summed E-state index contributed by atoms with van der Waals surface area (Å²) in [6.07, 6.45) is 3.42. The highest BCUT2D eigenvalue weighted by atomic mass is 16.5. The topological polar surface area (TPSA) is 87.0 Å². The fraction of sp³-hybridized carbons (Fsp3) is 0.500. The summed E-state index contributed by atoms with van der Waals surface area (Å²) in [5.74, 6) is -0.833. The van der Waals surface area contributed by atoms with Gasteiger partial charge in [0.05, 0.1) is 26.4 Å². The predicted octanol–water partition coefficient (Wildman–Crippen LogP) is 0.437. The second kappa shape index (κ2) is 23.0. The fourth-order valence-electron chi connectivity index (χ4n) is 0.235. The number of hydrogen-bond acceptors (Lipinski definition) is 4. The highest BCUT2D eigenvalue weighted by Crippen LogP contribution is 1.72. The van der Waals surface area contributed by atoms with E-state index in [0.717, 1.165) is 6.92 Å². The van der Waals surface area contributed by atoms with Crippen molar-refractivity contribution in [2.45, 2.75) is 6.92 Å². The van der Waals surface area contributed by atoms with Gasteiger partial charge in [0.25, 0.3) is 5.97 Å². The Morgan fingerprint density at radius 3 is 1.60 bits per heavy atom. The van der Waals surface area contributed by atoms with Crippen LogP contribution in [0.5, 0.6) is 0 Å². The van der Waals surface area contributed by atoms with Crippen molar-refractivity contribution < 1.29 is 24.9 Å². The van der Waals surface area contributed by atoms with Gasteiger partial charge in [-0.1, -0.05) is 12.2 Å². The predicted molar refractivity (Wildman–Crippen MR) is 58.7 cm³/mol. The zero-order valence-electron chi connectivity index (χ0n) is 9.06. The summed E-state index contributed by atoms with van der Waals surface area (Å²) in [5, 5.41) is 22.7. The molecule has 90 valence electrons. The van der Waals surface area contributed by atoms with Crippen LogP contribution in [0.25, 0.3) is 0 Å². The van der Waals surface area contributed by atoms with Crippen molar-refractivity contribution >= 4 is 5.97 Å². The molecule has 0 amide bonds. The summed E-state index contributed by atoms with van der Waals surface area (Å²) in [6, 6.07) is 0. The van der Waals surface area contributed by atoms with E-state index < -0.39 is 5.97 Å². The third kappa shape index (κ3) is 103. The van der Waals surface area contributed by atoms with Gasteiger partial charge >= 0.3 is 0 Å². The molecule has 5 heteroatoms. The van der Waals surface area contributed by atoms with Gasteiger partial charge < -0.3 is 20.1 Å². The monoisotopic (exact) mass is 220 g/mol. The quantitative estimate of drug-likeness (QED) is 0.462. The van der Waals surface area contributed by atoms with E-state index in [9.17, 15) is 0 Å². The van der Waals surface area contributed by atoms with Crippen LogP contribution in [0, 0.1) is 0 Å². The van der Waals surface area contributed by atoms with Crippen molar-refractivity contribution in [3.8, 4) is 0 Å². The van der Waals surface area contributed by atoms with Crippen molar-refractivity contribution in [2.24, 2.45) is 0 Å². The molecule has 0 heterocycles. The fourth-order valence-corrected chi connectivity index (χ4v) is 0.235. The van der Waals surface area contributed by atoms with Gasteiger partial charge in [0.15, 0.2) is 0 Å². The minimum atomic E-state index is -0.833. The lowest BCUT2D eigenvalue weighted by Crippen LogP contribution is -1.87. The van der Waals surface area contributed by atoms with Crippen LogP contribution in [0.15, 0.2) is 25.3 Å². The van der Waals surface area contributed by atoms with Crippen molar-refractivity contribution in [1.29, 1.82) is 0 Å². The molecule has 15 heavy (non-hydrogen) atoms. The van der Waals surface area contributed by atoms with Crippen molar-refractivity contribution in [3.05, 3.63) is 25.3 Å². The number of carbonyl (C=O) groups is 1. The molecular weight excluding hydrogens is 200 g/mol. The smallest absolute Gasteiger partial charge is 0.300 e. The Labute approximate surface area is 90.3 Å². The summed E-state index contributed by atoms with van der Waals surface area (Å²) in [7, 11) is 0. The average molecular weight is 220 g/mol. The second-order valence-corrected chi connectivity index (χ2v) is 2.08. The van der Waals surface area contributed by atoms with Crippen molar-refractivity contribution in [2.75, 3.05) is 26.4 Å². The van der Waals surface area contributed by atoms with Crippen LogP contribution in [0.3, 0.4) is 0 Å². The van der Waals surface area contributed by atoms with Crippen LogP contribution in [0.1, 0.15) is 6.92 Å². The van der Waals surface area contributed by atoms with Gasteiger partial charge in [0.1, 0.15) is 0 Å².